The summed E-state index contributed by atoms with van der Waals surface area (Å²) in [4.78, 5) is 13.9. The van der Waals surface area contributed by atoms with Crippen LogP contribution in [0, 0.1) is 5.82 Å². The first-order valence-corrected chi connectivity index (χ1v) is 7.72. The number of halogens is 1. The lowest BCUT2D eigenvalue weighted by molar-refractivity contribution is -0.117. The van der Waals surface area contributed by atoms with E-state index in [2.05, 4.69) is 5.32 Å². The van der Waals surface area contributed by atoms with Crippen LogP contribution in [-0.2, 0) is 18.3 Å². The Bertz CT molecular complexity index is 718. The van der Waals surface area contributed by atoms with Gasteiger partial charge < -0.3 is 14.8 Å². The first-order chi connectivity index (χ1) is 10.9. The van der Waals surface area contributed by atoms with Gasteiger partial charge in [-0.1, -0.05) is 6.08 Å². The number of nitrogens with one attached hydrogen (secondary N) is 1. The molecular formula is C18H24FN3O. The highest BCUT2D eigenvalue weighted by molar-refractivity contribution is 5.88. The number of carbonyl (C=O) groups excluding carboxylic acids is 1. The first-order valence-electron chi connectivity index (χ1n) is 7.72. The van der Waals surface area contributed by atoms with Gasteiger partial charge in [-0.25, -0.2) is 4.39 Å². The molecule has 1 amide bonds. The summed E-state index contributed by atoms with van der Waals surface area (Å²) in [5.41, 5.74) is 2.03. The Kier molecular flexibility index (Phi) is 5.55. The monoisotopic (exact) mass is 317 g/mol. The van der Waals surface area contributed by atoms with Gasteiger partial charge in [0.05, 0.1) is 0 Å². The molecule has 1 unspecified atom stereocenters. The van der Waals surface area contributed by atoms with Crippen LogP contribution in [0.5, 0.6) is 0 Å². The van der Waals surface area contributed by atoms with Crippen LogP contribution < -0.4 is 5.32 Å². The van der Waals surface area contributed by atoms with Gasteiger partial charge in [-0.3, -0.25) is 4.79 Å². The van der Waals surface area contributed by atoms with Crippen LogP contribution in [0.4, 0.5) is 4.39 Å². The van der Waals surface area contributed by atoms with Crippen molar-refractivity contribution in [1.29, 1.82) is 0 Å². The average molecular weight is 317 g/mol. The van der Waals surface area contributed by atoms with E-state index < -0.39 is 0 Å². The van der Waals surface area contributed by atoms with Crippen molar-refractivity contribution < 1.29 is 9.18 Å². The molecule has 4 nitrogen and oxygen atoms in total. The van der Waals surface area contributed by atoms with Crippen molar-refractivity contribution in [2.24, 2.45) is 7.05 Å². The fourth-order valence-electron chi connectivity index (χ4n) is 2.65. The van der Waals surface area contributed by atoms with Crippen LogP contribution >= 0.6 is 0 Å². The molecule has 0 bridgehead atoms. The molecule has 1 aromatic heterocycles. The number of carbonyl (C=O) groups is 1. The summed E-state index contributed by atoms with van der Waals surface area (Å²) < 4.78 is 15.5. The normalized spacial score (nSPS) is 13.1. The minimum absolute atomic E-state index is 0.0274. The molecule has 0 aliphatic carbocycles. The summed E-state index contributed by atoms with van der Waals surface area (Å²) in [6.45, 7) is 2.68. The molecule has 5 heteroatoms. The van der Waals surface area contributed by atoms with E-state index in [1.807, 2.05) is 49.8 Å². The Hall–Kier alpha value is -2.14. The first kappa shape index (κ1) is 17.2. The van der Waals surface area contributed by atoms with E-state index in [9.17, 15) is 9.18 Å². The number of benzene rings is 1. The lowest BCUT2D eigenvalue weighted by Crippen LogP contribution is -2.32. The summed E-state index contributed by atoms with van der Waals surface area (Å²) in [5, 5.41) is 3.84. The molecule has 0 aliphatic rings. The fourth-order valence-corrected chi connectivity index (χ4v) is 2.65. The fraction of sp³-hybridized carbons (Fsp3) is 0.389. The van der Waals surface area contributed by atoms with E-state index in [4.69, 9.17) is 0 Å². The summed E-state index contributed by atoms with van der Waals surface area (Å²) >= 11 is 0. The number of amides is 1. The van der Waals surface area contributed by atoms with Gasteiger partial charge in [0.15, 0.2) is 0 Å². The maximum absolute atomic E-state index is 13.5. The predicted octanol–water partition coefficient (Wildman–Crippen LogP) is 2.48. The average Bonchev–Trinajstić information content (AvgIpc) is 2.74. The second kappa shape index (κ2) is 7.42. The van der Waals surface area contributed by atoms with Crippen LogP contribution in [0.2, 0.25) is 0 Å². The number of aryl methyl sites for hydroxylation is 1. The zero-order valence-electron chi connectivity index (χ0n) is 14.1. The van der Waals surface area contributed by atoms with E-state index in [-0.39, 0.29) is 17.8 Å². The number of hydrogen-bond acceptors (Lipinski definition) is 2. The van der Waals surface area contributed by atoms with Crippen molar-refractivity contribution in [2.75, 3.05) is 20.6 Å². The highest BCUT2D eigenvalue weighted by Crippen LogP contribution is 2.22. The van der Waals surface area contributed by atoms with Crippen molar-refractivity contribution >= 4 is 16.8 Å². The third kappa shape index (κ3) is 4.66. The van der Waals surface area contributed by atoms with Crippen molar-refractivity contribution in [3.63, 3.8) is 0 Å². The maximum atomic E-state index is 13.5. The largest absolute Gasteiger partial charge is 0.350 e. The third-order valence-electron chi connectivity index (χ3n) is 3.69. The van der Waals surface area contributed by atoms with Gasteiger partial charge in [-0.2, -0.15) is 0 Å². The molecule has 0 spiro atoms. The SMILES string of the molecule is CC(Cc1cn(C)c2ccc(F)cc12)NC(=O)/C=C/CN(C)C. The molecule has 23 heavy (non-hydrogen) atoms. The Morgan fingerprint density at radius 3 is 2.87 bits per heavy atom. The highest BCUT2D eigenvalue weighted by atomic mass is 19.1. The summed E-state index contributed by atoms with van der Waals surface area (Å²) in [6.07, 6.45) is 6.04. The maximum Gasteiger partial charge on any atom is 0.243 e. The predicted molar refractivity (Wildman–Crippen MR) is 91.9 cm³/mol. The topological polar surface area (TPSA) is 37.3 Å². The molecule has 1 aromatic carbocycles. The molecule has 124 valence electrons. The number of likely N-dealkylation sites (N-methyl/N-ethyl adjacent to an activating group) is 1. The molecule has 1 N–H and O–H groups in total. The minimum Gasteiger partial charge on any atom is -0.350 e. The van der Waals surface area contributed by atoms with Gasteiger partial charge in [0.25, 0.3) is 0 Å². The second-order valence-corrected chi connectivity index (χ2v) is 6.21. The summed E-state index contributed by atoms with van der Waals surface area (Å²) in [6, 6.07) is 4.77. The number of rotatable bonds is 6. The van der Waals surface area contributed by atoms with Crippen LogP contribution in [0.3, 0.4) is 0 Å². The van der Waals surface area contributed by atoms with Gasteiger partial charge in [0, 0.05) is 42.8 Å². The van der Waals surface area contributed by atoms with Gasteiger partial charge in [0.1, 0.15) is 5.82 Å². The Morgan fingerprint density at radius 2 is 2.17 bits per heavy atom. The molecule has 1 heterocycles. The quantitative estimate of drug-likeness (QED) is 0.831. The lowest BCUT2D eigenvalue weighted by atomic mass is 10.1. The minimum atomic E-state index is -0.242. The van der Waals surface area contributed by atoms with E-state index in [0.29, 0.717) is 6.42 Å². The van der Waals surface area contributed by atoms with E-state index in [0.717, 1.165) is 23.0 Å². The Morgan fingerprint density at radius 1 is 1.43 bits per heavy atom. The molecule has 1 atom stereocenters. The number of hydrogen-bond donors (Lipinski definition) is 1. The third-order valence-corrected chi connectivity index (χ3v) is 3.69. The van der Waals surface area contributed by atoms with E-state index in [1.54, 1.807) is 18.2 Å². The summed E-state index contributed by atoms with van der Waals surface area (Å²) in [5.74, 6) is -0.348. The van der Waals surface area contributed by atoms with Gasteiger partial charge in [-0.15, -0.1) is 0 Å². The van der Waals surface area contributed by atoms with Crippen molar-refractivity contribution in [1.82, 2.24) is 14.8 Å². The smallest absolute Gasteiger partial charge is 0.243 e. The molecule has 0 aliphatic heterocycles. The molecule has 0 fully saturated rings. The molecule has 2 rings (SSSR count). The number of fused-ring (bicyclic) bond motifs is 1. The van der Waals surface area contributed by atoms with Gasteiger partial charge in [0.2, 0.25) is 5.91 Å². The Labute approximate surface area is 136 Å². The zero-order valence-corrected chi connectivity index (χ0v) is 14.1. The van der Waals surface area contributed by atoms with Crippen LogP contribution in [0.1, 0.15) is 12.5 Å². The van der Waals surface area contributed by atoms with Crippen LogP contribution in [0.25, 0.3) is 10.9 Å². The van der Waals surface area contributed by atoms with E-state index in [1.165, 1.54) is 6.07 Å². The summed E-state index contributed by atoms with van der Waals surface area (Å²) in [7, 11) is 5.84. The van der Waals surface area contributed by atoms with Crippen LogP contribution in [0.15, 0.2) is 36.5 Å². The number of aromatic nitrogens is 1. The Balaban J connectivity index is 2.03. The van der Waals surface area contributed by atoms with Crippen molar-refractivity contribution in [3.05, 3.63) is 47.9 Å². The lowest BCUT2D eigenvalue weighted by Gasteiger charge is -2.12. The molecule has 0 saturated heterocycles. The zero-order chi connectivity index (χ0) is 17.0. The second-order valence-electron chi connectivity index (χ2n) is 6.21. The highest BCUT2D eigenvalue weighted by Gasteiger charge is 2.12. The molecule has 0 saturated carbocycles. The molecule has 0 radical (unpaired) electrons. The van der Waals surface area contributed by atoms with Crippen molar-refractivity contribution in [2.45, 2.75) is 19.4 Å². The molecule has 2 aromatic rings. The molecular weight excluding hydrogens is 293 g/mol. The standard InChI is InChI=1S/C18H24FN3O/c1-13(20-18(23)6-5-9-21(2)3)10-14-12-22(4)17-8-7-15(19)11-16(14)17/h5-8,11-13H,9-10H2,1-4H3,(H,20,23)/b6-5+. The number of nitrogens with zero attached hydrogens (tertiary/aromatic N) is 2. The van der Waals surface area contributed by atoms with E-state index >= 15 is 0 Å². The van der Waals surface area contributed by atoms with Crippen molar-refractivity contribution in [3.8, 4) is 0 Å². The van der Waals surface area contributed by atoms with Gasteiger partial charge >= 0.3 is 0 Å². The van der Waals surface area contributed by atoms with Crippen LogP contribution in [-0.4, -0.2) is 42.1 Å². The van der Waals surface area contributed by atoms with Gasteiger partial charge in [-0.05, 0) is 51.2 Å².